The summed E-state index contributed by atoms with van der Waals surface area (Å²) in [4.78, 5) is 0. The van der Waals surface area contributed by atoms with Crippen LogP contribution < -0.4 is 0 Å². The van der Waals surface area contributed by atoms with Gasteiger partial charge in [0.1, 0.15) is 13.1 Å². The molecular formula is C36H78N2+2. The summed E-state index contributed by atoms with van der Waals surface area (Å²) in [5, 5.41) is 0. The van der Waals surface area contributed by atoms with Gasteiger partial charge in [0.2, 0.25) is 0 Å². The highest BCUT2D eigenvalue weighted by Crippen LogP contribution is 2.15. The smallest absolute Gasteiger partial charge is 0.128 e. The molecule has 0 heterocycles. The molecule has 0 amide bonds. The number of hydrogen-bond donors (Lipinski definition) is 0. The molecule has 0 spiro atoms. The van der Waals surface area contributed by atoms with Crippen LogP contribution in [-0.4, -0.2) is 63.3 Å². The fraction of sp³-hybridized carbons (Fsp3) is 1.00. The van der Waals surface area contributed by atoms with Gasteiger partial charge in [-0.2, -0.15) is 0 Å². The highest BCUT2D eigenvalue weighted by Gasteiger charge is 2.22. The maximum atomic E-state index is 2.46. The third kappa shape index (κ3) is 28.9. The van der Waals surface area contributed by atoms with Crippen molar-refractivity contribution in [3.63, 3.8) is 0 Å². The summed E-state index contributed by atoms with van der Waals surface area (Å²) in [7, 11) is 9.84. The van der Waals surface area contributed by atoms with Crippen molar-refractivity contribution in [2.24, 2.45) is 0 Å². The first kappa shape index (κ1) is 37.9. The third-order valence-electron chi connectivity index (χ3n) is 9.04. The summed E-state index contributed by atoms with van der Waals surface area (Å²) < 4.78 is 2.41. The Kier molecular flexibility index (Phi) is 27.1. The molecule has 0 atom stereocenters. The van der Waals surface area contributed by atoms with Crippen LogP contribution in [0.25, 0.3) is 0 Å². The largest absolute Gasteiger partial charge is 0.324 e. The minimum absolute atomic E-state index is 1.20. The van der Waals surface area contributed by atoms with Crippen LogP contribution in [0.1, 0.15) is 181 Å². The van der Waals surface area contributed by atoms with Crippen LogP contribution in [-0.2, 0) is 0 Å². The van der Waals surface area contributed by atoms with E-state index in [0.717, 1.165) is 0 Å². The average Bonchev–Trinajstić information content (AvgIpc) is 2.88. The zero-order chi connectivity index (χ0) is 28.2. The summed E-state index contributed by atoms with van der Waals surface area (Å²) in [5.74, 6) is 0. The van der Waals surface area contributed by atoms with Crippen molar-refractivity contribution < 1.29 is 8.97 Å². The van der Waals surface area contributed by atoms with Gasteiger partial charge in [-0.15, -0.1) is 0 Å². The van der Waals surface area contributed by atoms with Gasteiger partial charge in [-0.25, -0.2) is 0 Å². The van der Waals surface area contributed by atoms with Crippen LogP contribution in [0.5, 0.6) is 0 Å². The molecule has 0 unspecified atom stereocenters. The Morgan fingerprint density at radius 1 is 0.237 bits per heavy atom. The second-order valence-corrected chi connectivity index (χ2v) is 14.3. The van der Waals surface area contributed by atoms with Crippen molar-refractivity contribution in [1.82, 2.24) is 0 Å². The number of quaternary nitrogens is 2. The molecule has 0 radical (unpaired) electrons. The quantitative estimate of drug-likeness (QED) is 0.0608. The van der Waals surface area contributed by atoms with Crippen LogP contribution >= 0.6 is 0 Å². The molecule has 0 fully saturated rings. The molecule has 0 aromatic carbocycles. The van der Waals surface area contributed by atoms with Gasteiger partial charge in [-0.05, 0) is 25.7 Å². The van der Waals surface area contributed by atoms with E-state index in [4.69, 9.17) is 0 Å². The van der Waals surface area contributed by atoms with Gasteiger partial charge in [0, 0.05) is 0 Å². The monoisotopic (exact) mass is 539 g/mol. The van der Waals surface area contributed by atoms with Crippen molar-refractivity contribution in [1.29, 1.82) is 0 Å². The molecule has 0 aliphatic carbocycles. The van der Waals surface area contributed by atoms with E-state index in [0.29, 0.717) is 0 Å². The van der Waals surface area contributed by atoms with Gasteiger partial charge in [0.05, 0.1) is 41.3 Å². The molecule has 38 heavy (non-hydrogen) atoms. The van der Waals surface area contributed by atoms with E-state index < -0.39 is 0 Å². The fourth-order valence-corrected chi connectivity index (χ4v) is 5.88. The first-order valence-corrected chi connectivity index (χ1v) is 18.0. The van der Waals surface area contributed by atoms with E-state index in [2.05, 4.69) is 42.0 Å². The number of nitrogens with zero attached hydrogens (tertiary/aromatic N) is 2. The van der Waals surface area contributed by atoms with E-state index in [1.807, 2.05) is 0 Å². The Labute approximate surface area is 243 Å². The topological polar surface area (TPSA) is 0 Å². The maximum Gasteiger partial charge on any atom is 0.128 e. The number of likely N-dealkylation sites (N-methyl/N-ethyl adjacent to an activating group) is 2. The summed E-state index contributed by atoms with van der Waals surface area (Å²) in [6.45, 7) is 9.97. The molecule has 0 N–H and O–H groups in total. The summed E-state index contributed by atoms with van der Waals surface area (Å²) in [5.41, 5.74) is 0. The van der Waals surface area contributed by atoms with Crippen molar-refractivity contribution in [3.8, 4) is 0 Å². The average molecular weight is 539 g/mol. The lowest BCUT2D eigenvalue weighted by molar-refractivity contribution is -0.946. The molecule has 0 bridgehead atoms. The molecule has 0 aliphatic rings. The first-order valence-electron chi connectivity index (χ1n) is 18.0. The fourth-order valence-electron chi connectivity index (χ4n) is 5.88. The number of unbranched alkanes of at least 4 members (excludes halogenated alkanes) is 24. The van der Waals surface area contributed by atoms with Crippen molar-refractivity contribution in [2.45, 2.75) is 181 Å². The Bertz CT molecular complexity index is 456. The first-order chi connectivity index (χ1) is 18.3. The Morgan fingerprint density at radius 2 is 0.421 bits per heavy atom. The minimum atomic E-state index is 1.20. The summed E-state index contributed by atoms with van der Waals surface area (Å²) in [6.07, 6.45) is 37.8. The van der Waals surface area contributed by atoms with Gasteiger partial charge >= 0.3 is 0 Å². The standard InChI is InChI=1S/C36H78N2/c1-7-9-11-13-15-17-18-19-20-21-22-23-24-25-26-28-30-32-34-38(5,6)36-35-37(3,4)33-31-29-27-16-14-12-10-8-2/h7-36H2,1-6H3/q+2. The van der Waals surface area contributed by atoms with E-state index in [1.54, 1.807) is 0 Å². The van der Waals surface area contributed by atoms with Crippen LogP contribution in [0.2, 0.25) is 0 Å². The van der Waals surface area contributed by atoms with E-state index in [-0.39, 0.29) is 0 Å². The summed E-state index contributed by atoms with van der Waals surface area (Å²) in [6, 6.07) is 0. The zero-order valence-electron chi connectivity index (χ0n) is 28.1. The molecule has 230 valence electrons. The van der Waals surface area contributed by atoms with Gasteiger partial charge in [0.25, 0.3) is 0 Å². The molecule has 0 aromatic rings. The second kappa shape index (κ2) is 27.1. The molecule has 0 rings (SSSR count). The van der Waals surface area contributed by atoms with Crippen molar-refractivity contribution in [3.05, 3.63) is 0 Å². The van der Waals surface area contributed by atoms with Gasteiger partial charge in [-0.1, -0.05) is 155 Å². The van der Waals surface area contributed by atoms with Gasteiger partial charge in [-0.3, -0.25) is 0 Å². The molecule has 0 saturated carbocycles. The lowest BCUT2D eigenvalue weighted by atomic mass is 10.0. The second-order valence-electron chi connectivity index (χ2n) is 14.3. The highest BCUT2D eigenvalue weighted by molar-refractivity contribution is 4.51. The van der Waals surface area contributed by atoms with E-state index in [1.165, 1.54) is 202 Å². The number of hydrogen-bond acceptors (Lipinski definition) is 0. The van der Waals surface area contributed by atoms with E-state index >= 15 is 0 Å². The summed E-state index contributed by atoms with van der Waals surface area (Å²) >= 11 is 0. The minimum Gasteiger partial charge on any atom is -0.324 e. The van der Waals surface area contributed by atoms with Gasteiger partial charge in [0.15, 0.2) is 0 Å². The molecule has 0 aromatic heterocycles. The lowest BCUT2D eigenvalue weighted by Gasteiger charge is -2.36. The van der Waals surface area contributed by atoms with E-state index in [9.17, 15) is 0 Å². The zero-order valence-corrected chi connectivity index (χ0v) is 28.1. The van der Waals surface area contributed by atoms with Crippen LogP contribution in [0.15, 0.2) is 0 Å². The normalized spacial score (nSPS) is 12.5. The van der Waals surface area contributed by atoms with Gasteiger partial charge < -0.3 is 8.97 Å². The molecule has 0 aliphatic heterocycles. The Hall–Kier alpha value is -0.0800. The molecule has 2 nitrogen and oxygen atoms in total. The van der Waals surface area contributed by atoms with Crippen molar-refractivity contribution >= 4 is 0 Å². The Morgan fingerprint density at radius 3 is 0.632 bits per heavy atom. The predicted molar refractivity (Wildman–Crippen MR) is 175 cm³/mol. The Balaban J connectivity index is 3.49. The molecule has 0 saturated heterocycles. The predicted octanol–water partition coefficient (Wildman–Crippen LogP) is 11.3. The SMILES string of the molecule is CCCCCCCCCCCCCCCCCCCC[N+](C)(C)CC[N+](C)(C)CCCCCCCCCC. The number of rotatable bonds is 31. The van der Waals surface area contributed by atoms with Crippen LogP contribution in [0.3, 0.4) is 0 Å². The van der Waals surface area contributed by atoms with Crippen molar-refractivity contribution in [2.75, 3.05) is 54.4 Å². The molecular weight excluding hydrogens is 460 g/mol. The third-order valence-corrected chi connectivity index (χ3v) is 9.04. The molecule has 2 heteroatoms. The maximum absolute atomic E-state index is 2.46. The lowest BCUT2D eigenvalue weighted by Crippen LogP contribution is -2.51. The van der Waals surface area contributed by atoms with Crippen LogP contribution in [0.4, 0.5) is 0 Å². The van der Waals surface area contributed by atoms with Crippen LogP contribution in [0, 0.1) is 0 Å². The highest BCUT2D eigenvalue weighted by atomic mass is 15.4.